The van der Waals surface area contributed by atoms with Crippen LogP contribution in [0.2, 0.25) is 0 Å². The number of ether oxygens (including phenoxy) is 3. The second-order valence-electron chi connectivity index (χ2n) is 9.16. The number of carbonyl (C=O) groups is 1. The predicted octanol–water partition coefficient (Wildman–Crippen LogP) is 5.27. The normalized spacial score (nSPS) is 16.6. The molecule has 0 radical (unpaired) electrons. The summed E-state index contributed by atoms with van der Waals surface area (Å²) in [6, 6.07) is 15.2. The number of hydrogen-bond donors (Lipinski definition) is 2. The van der Waals surface area contributed by atoms with E-state index in [9.17, 15) is 18.7 Å². The number of fused-ring (bicyclic) bond motifs is 1. The standard InChI is InChI=1S/C28H28F2N2O5/c1-35-21-7-5-17(6-8-21)15-37-25-12-19(27(29)30)11-24(33)26(25)28(34)32-13-18-3-2-4-23(22(18)14-32)31-20-9-10-36-16-20/h2-8,11-12,20,27,31,33H,9-10,13-16H2,1H3/t20-/m0/s1. The van der Waals surface area contributed by atoms with Gasteiger partial charge in [0, 0.05) is 30.9 Å². The summed E-state index contributed by atoms with van der Waals surface area (Å²) in [5, 5.41) is 14.2. The lowest BCUT2D eigenvalue weighted by atomic mass is 10.1. The Bertz CT molecular complexity index is 1280. The number of amides is 1. The maximum atomic E-state index is 13.6. The maximum Gasteiger partial charge on any atom is 0.264 e. The Kier molecular flexibility index (Phi) is 7.14. The molecule has 0 spiro atoms. The Morgan fingerprint density at radius 3 is 2.70 bits per heavy atom. The van der Waals surface area contributed by atoms with E-state index in [-0.39, 0.29) is 24.0 Å². The molecule has 9 heteroatoms. The van der Waals surface area contributed by atoms with Gasteiger partial charge in [-0.25, -0.2) is 8.78 Å². The fraction of sp³-hybridized carbons (Fsp3) is 0.321. The van der Waals surface area contributed by atoms with Crippen LogP contribution in [0.3, 0.4) is 0 Å². The minimum atomic E-state index is -2.83. The Morgan fingerprint density at radius 2 is 2.00 bits per heavy atom. The zero-order valence-corrected chi connectivity index (χ0v) is 20.4. The number of halogens is 2. The summed E-state index contributed by atoms with van der Waals surface area (Å²) >= 11 is 0. The van der Waals surface area contributed by atoms with Crippen LogP contribution >= 0.6 is 0 Å². The van der Waals surface area contributed by atoms with Crippen LogP contribution in [0.1, 0.15) is 45.5 Å². The first-order valence-corrected chi connectivity index (χ1v) is 12.1. The Labute approximate surface area is 213 Å². The Hall–Kier alpha value is -3.85. The van der Waals surface area contributed by atoms with Gasteiger partial charge < -0.3 is 29.5 Å². The quantitative estimate of drug-likeness (QED) is 0.430. The molecule has 5 rings (SSSR count). The van der Waals surface area contributed by atoms with Gasteiger partial charge in [0.05, 0.1) is 19.8 Å². The second-order valence-corrected chi connectivity index (χ2v) is 9.16. The van der Waals surface area contributed by atoms with Crippen LogP contribution in [0.4, 0.5) is 14.5 Å². The maximum absolute atomic E-state index is 13.6. The molecule has 3 aromatic rings. The molecule has 0 aromatic heterocycles. The van der Waals surface area contributed by atoms with Crippen molar-refractivity contribution in [2.24, 2.45) is 0 Å². The highest BCUT2D eigenvalue weighted by Crippen LogP contribution is 2.38. The SMILES string of the molecule is COc1ccc(COc2cc(C(F)F)cc(O)c2C(=O)N2Cc3cccc(N[C@H]4CCOC4)c3C2)cc1. The lowest BCUT2D eigenvalue weighted by Gasteiger charge is -2.20. The van der Waals surface area contributed by atoms with E-state index in [1.54, 1.807) is 36.3 Å². The van der Waals surface area contributed by atoms with Crippen LogP contribution in [0.5, 0.6) is 17.2 Å². The zero-order valence-electron chi connectivity index (χ0n) is 20.4. The summed E-state index contributed by atoms with van der Waals surface area (Å²) in [4.78, 5) is 15.2. The highest BCUT2D eigenvalue weighted by Gasteiger charge is 2.31. The number of rotatable bonds is 8. The average Bonchev–Trinajstić information content (AvgIpc) is 3.57. The highest BCUT2D eigenvalue weighted by atomic mass is 19.3. The molecule has 1 fully saturated rings. The number of anilines is 1. The number of phenols is 1. The van der Waals surface area contributed by atoms with Gasteiger partial charge in [-0.05, 0) is 53.4 Å². The number of methoxy groups -OCH3 is 1. The molecule has 0 aliphatic carbocycles. The smallest absolute Gasteiger partial charge is 0.264 e. The number of nitrogens with one attached hydrogen (secondary N) is 1. The molecule has 1 atom stereocenters. The van der Waals surface area contributed by atoms with Gasteiger partial charge in [0.25, 0.3) is 12.3 Å². The van der Waals surface area contributed by atoms with Crippen molar-refractivity contribution in [1.82, 2.24) is 4.90 Å². The molecule has 2 heterocycles. The summed E-state index contributed by atoms with van der Waals surface area (Å²) in [5.74, 6) is -0.451. The topological polar surface area (TPSA) is 80.3 Å². The van der Waals surface area contributed by atoms with Gasteiger partial charge in [0.1, 0.15) is 29.4 Å². The van der Waals surface area contributed by atoms with Crippen molar-refractivity contribution in [1.29, 1.82) is 0 Å². The fourth-order valence-electron chi connectivity index (χ4n) is 4.69. The molecule has 0 saturated carbocycles. The van der Waals surface area contributed by atoms with Gasteiger partial charge in [-0.2, -0.15) is 0 Å². The lowest BCUT2D eigenvalue weighted by molar-refractivity contribution is 0.0742. The summed E-state index contributed by atoms with van der Waals surface area (Å²) in [7, 11) is 1.56. The van der Waals surface area contributed by atoms with Gasteiger partial charge in [-0.1, -0.05) is 24.3 Å². The highest BCUT2D eigenvalue weighted by molar-refractivity contribution is 6.00. The molecular weight excluding hydrogens is 482 g/mol. The number of aromatic hydroxyl groups is 1. The monoisotopic (exact) mass is 510 g/mol. The number of hydrogen-bond acceptors (Lipinski definition) is 6. The molecule has 1 amide bonds. The second kappa shape index (κ2) is 10.6. The van der Waals surface area contributed by atoms with Gasteiger partial charge in [-0.15, -0.1) is 0 Å². The molecule has 0 unspecified atom stereocenters. The summed E-state index contributed by atoms with van der Waals surface area (Å²) in [6.45, 7) is 2.02. The van der Waals surface area contributed by atoms with Crippen molar-refractivity contribution in [2.75, 3.05) is 25.6 Å². The van der Waals surface area contributed by atoms with E-state index in [1.807, 2.05) is 18.2 Å². The lowest BCUT2D eigenvalue weighted by Crippen LogP contribution is -2.26. The fourth-order valence-corrected chi connectivity index (χ4v) is 4.69. The minimum absolute atomic E-state index is 0.0220. The van der Waals surface area contributed by atoms with E-state index in [1.165, 1.54) is 0 Å². The zero-order chi connectivity index (χ0) is 25.9. The first kappa shape index (κ1) is 24.8. The van der Waals surface area contributed by atoms with E-state index in [2.05, 4.69) is 5.32 Å². The third-order valence-electron chi connectivity index (χ3n) is 6.68. The van der Waals surface area contributed by atoms with Gasteiger partial charge in [-0.3, -0.25) is 4.79 Å². The van der Waals surface area contributed by atoms with Gasteiger partial charge in [0.15, 0.2) is 0 Å². The Morgan fingerprint density at radius 1 is 1.19 bits per heavy atom. The van der Waals surface area contributed by atoms with Gasteiger partial charge in [0.2, 0.25) is 0 Å². The largest absolute Gasteiger partial charge is 0.507 e. The molecule has 37 heavy (non-hydrogen) atoms. The van der Waals surface area contributed by atoms with Crippen LogP contribution in [-0.2, 0) is 24.4 Å². The van der Waals surface area contributed by atoms with Crippen molar-refractivity contribution >= 4 is 11.6 Å². The van der Waals surface area contributed by atoms with Crippen LogP contribution < -0.4 is 14.8 Å². The van der Waals surface area contributed by atoms with E-state index in [0.29, 0.717) is 32.1 Å². The van der Waals surface area contributed by atoms with Crippen molar-refractivity contribution in [2.45, 2.75) is 38.6 Å². The number of benzene rings is 3. The summed E-state index contributed by atoms with van der Waals surface area (Å²) in [6.07, 6.45) is -1.92. The number of alkyl halides is 2. The van der Waals surface area contributed by atoms with E-state index < -0.39 is 23.6 Å². The van der Waals surface area contributed by atoms with Crippen LogP contribution in [-0.4, -0.2) is 42.3 Å². The molecule has 194 valence electrons. The third kappa shape index (κ3) is 5.32. The van der Waals surface area contributed by atoms with Crippen LogP contribution in [0, 0.1) is 0 Å². The van der Waals surface area contributed by atoms with Crippen molar-refractivity contribution < 1.29 is 32.9 Å². The van der Waals surface area contributed by atoms with E-state index >= 15 is 0 Å². The Balaban J connectivity index is 1.39. The predicted molar refractivity (Wildman–Crippen MR) is 133 cm³/mol. The third-order valence-corrected chi connectivity index (χ3v) is 6.68. The molecule has 2 aliphatic heterocycles. The first-order valence-electron chi connectivity index (χ1n) is 12.1. The van der Waals surface area contributed by atoms with Crippen molar-refractivity contribution in [3.63, 3.8) is 0 Å². The number of phenolic OH excluding ortho intramolecular Hbond substituents is 1. The summed E-state index contributed by atoms with van der Waals surface area (Å²) < 4.78 is 43.5. The van der Waals surface area contributed by atoms with Gasteiger partial charge >= 0.3 is 0 Å². The van der Waals surface area contributed by atoms with Crippen molar-refractivity contribution in [3.8, 4) is 17.2 Å². The van der Waals surface area contributed by atoms with Crippen LogP contribution in [0.15, 0.2) is 54.6 Å². The molecule has 3 aromatic carbocycles. The minimum Gasteiger partial charge on any atom is -0.507 e. The molecule has 0 bridgehead atoms. The van der Waals surface area contributed by atoms with Crippen LogP contribution in [0.25, 0.3) is 0 Å². The molecular formula is C28H28F2N2O5. The molecule has 7 nitrogen and oxygen atoms in total. The molecule has 2 N–H and O–H groups in total. The first-order chi connectivity index (χ1) is 17.9. The van der Waals surface area contributed by atoms with E-state index in [0.717, 1.165) is 40.9 Å². The molecule has 1 saturated heterocycles. The number of nitrogens with zero attached hydrogens (tertiary/aromatic N) is 1. The number of carbonyl (C=O) groups excluding carboxylic acids is 1. The average molecular weight is 511 g/mol. The van der Waals surface area contributed by atoms with Crippen molar-refractivity contribution in [3.05, 3.63) is 82.4 Å². The molecule has 2 aliphatic rings. The van der Waals surface area contributed by atoms with E-state index in [4.69, 9.17) is 14.2 Å². The summed E-state index contributed by atoms with van der Waals surface area (Å²) in [5.41, 5.74) is 3.12.